The lowest BCUT2D eigenvalue weighted by Gasteiger charge is -2.24. The molecule has 3 N–H and O–H groups in total. The number of aryl methyl sites for hydroxylation is 1. The van der Waals surface area contributed by atoms with Gasteiger partial charge in [0.25, 0.3) is 0 Å². The van der Waals surface area contributed by atoms with Crippen molar-refractivity contribution >= 4 is 16.9 Å². The number of H-pyrrole nitrogens is 1. The van der Waals surface area contributed by atoms with Gasteiger partial charge >= 0.3 is 0 Å². The van der Waals surface area contributed by atoms with Crippen LogP contribution >= 0.6 is 0 Å². The molecule has 0 radical (unpaired) electrons. The first-order chi connectivity index (χ1) is 13.2. The molecule has 0 amide bonds. The van der Waals surface area contributed by atoms with Crippen molar-refractivity contribution in [3.05, 3.63) is 71.7 Å². The van der Waals surface area contributed by atoms with Gasteiger partial charge in [-0.15, -0.1) is 0 Å². The highest BCUT2D eigenvalue weighted by Gasteiger charge is 2.24. The van der Waals surface area contributed by atoms with E-state index >= 15 is 0 Å². The highest BCUT2D eigenvalue weighted by Crippen LogP contribution is 2.33. The molecule has 0 spiro atoms. The normalized spacial score (nSPS) is 16.1. The molecule has 0 fully saturated rings. The summed E-state index contributed by atoms with van der Waals surface area (Å²) in [5.41, 5.74) is 12.4. The fraction of sp³-hybridized carbons (Fsp3) is 0.182. The van der Waals surface area contributed by atoms with Crippen LogP contribution in [0.2, 0.25) is 0 Å². The molecule has 2 aromatic heterocycles. The van der Waals surface area contributed by atoms with Crippen molar-refractivity contribution in [2.45, 2.75) is 19.3 Å². The highest BCUT2D eigenvalue weighted by molar-refractivity contribution is 5.82. The fourth-order valence-electron chi connectivity index (χ4n) is 3.73. The van der Waals surface area contributed by atoms with Crippen molar-refractivity contribution in [2.24, 2.45) is 0 Å². The van der Waals surface area contributed by atoms with Gasteiger partial charge < -0.3 is 15.5 Å². The average Bonchev–Trinajstić information content (AvgIpc) is 3.10. The third-order valence-corrected chi connectivity index (χ3v) is 5.12. The van der Waals surface area contributed by atoms with Crippen LogP contribution < -0.4 is 10.5 Å². The monoisotopic (exact) mass is 356 g/mol. The molecule has 0 bridgehead atoms. The van der Waals surface area contributed by atoms with Crippen LogP contribution in [-0.4, -0.2) is 21.6 Å². The summed E-state index contributed by atoms with van der Waals surface area (Å²) in [5.74, 6) is 2.71. The molecule has 134 valence electrons. The SMILES string of the molecule is Cc1ccc2c(c1)CC(c1nc3ccc(-c4ccnc(N)c4)cc3[nH]1)CO2. The minimum absolute atomic E-state index is 0.228. The number of ether oxygens (including phenoxy) is 1. The van der Waals surface area contributed by atoms with Crippen LogP contribution in [0.3, 0.4) is 0 Å². The molecule has 3 heterocycles. The van der Waals surface area contributed by atoms with Crippen LogP contribution in [0, 0.1) is 6.92 Å². The maximum absolute atomic E-state index is 5.97. The lowest BCUT2D eigenvalue weighted by Crippen LogP contribution is -2.20. The number of hydrogen-bond donors (Lipinski definition) is 2. The molecule has 5 heteroatoms. The molecule has 1 atom stereocenters. The second-order valence-corrected chi connectivity index (χ2v) is 7.15. The van der Waals surface area contributed by atoms with Gasteiger partial charge in [0.1, 0.15) is 17.4 Å². The maximum Gasteiger partial charge on any atom is 0.123 e. The van der Waals surface area contributed by atoms with Crippen molar-refractivity contribution in [2.75, 3.05) is 12.3 Å². The summed E-state index contributed by atoms with van der Waals surface area (Å²) in [6.45, 7) is 2.75. The van der Waals surface area contributed by atoms with Crippen molar-refractivity contribution in [3.8, 4) is 16.9 Å². The van der Waals surface area contributed by atoms with Crippen molar-refractivity contribution < 1.29 is 4.74 Å². The van der Waals surface area contributed by atoms with Gasteiger partial charge in [-0.05, 0) is 60.4 Å². The van der Waals surface area contributed by atoms with Gasteiger partial charge in [0.05, 0.1) is 23.6 Å². The van der Waals surface area contributed by atoms with E-state index in [4.69, 9.17) is 15.5 Å². The predicted molar refractivity (Wildman–Crippen MR) is 107 cm³/mol. The smallest absolute Gasteiger partial charge is 0.123 e. The summed E-state index contributed by atoms with van der Waals surface area (Å²) in [6, 6.07) is 16.4. The molecule has 2 aromatic carbocycles. The third kappa shape index (κ3) is 2.91. The van der Waals surface area contributed by atoms with Gasteiger partial charge in [-0.25, -0.2) is 9.97 Å². The summed E-state index contributed by atoms with van der Waals surface area (Å²) in [7, 11) is 0. The summed E-state index contributed by atoms with van der Waals surface area (Å²) < 4.78 is 5.97. The molecule has 1 unspecified atom stereocenters. The van der Waals surface area contributed by atoms with E-state index in [0.29, 0.717) is 12.4 Å². The largest absolute Gasteiger partial charge is 0.493 e. The molecule has 4 aromatic rings. The van der Waals surface area contributed by atoms with E-state index in [2.05, 4.69) is 47.2 Å². The third-order valence-electron chi connectivity index (χ3n) is 5.12. The van der Waals surface area contributed by atoms with E-state index in [1.54, 1.807) is 6.20 Å². The minimum atomic E-state index is 0.228. The molecule has 27 heavy (non-hydrogen) atoms. The van der Waals surface area contributed by atoms with Crippen molar-refractivity contribution in [1.29, 1.82) is 0 Å². The van der Waals surface area contributed by atoms with E-state index in [9.17, 15) is 0 Å². The number of imidazole rings is 1. The van der Waals surface area contributed by atoms with Crippen LogP contribution in [0.4, 0.5) is 5.82 Å². The topological polar surface area (TPSA) is 76.8 Å². The van der Waals surface area contributed by atoms with Crippen LogP contribution in [0.1, 0.15) is 22.9 Å². The van der Waals surface area contributed by atoms with E-state index < -0.39 is 0 Å². The van der Waals surface area contributed by atoms with Crippen LogP contribution in [-0.2, 0) is 6.42 Å². The Bertz CT molecular complexity index is 1150. The number of pyridine rings is 1. The van der Waals surface area contributed by atoms with Crippen LogP contribution in [0.25, 0.3) is 22.2 Å². The van der Waals surface area contributed by atoms with Gasteiger partial charge in [-0.1, -0.05) is 23.8 Å². The van der Waals surface area contributed by atoms with E-state index in [0.717, 1.165) is 40.2 Å². The quantitative estimate of drug-likeness (QED) is 0.563. The lowest BCUT2D eigenvalue weighted by molar-refractivity contribution is 0.258. The van der Waals surface area contributed by atoms with Crippen molar-refractivity contribution in [1.82, 2.24) is 15.0 Å². The van der Waals surface area contributed by atoms with Gasteiger partial charge in [0.15, 0.2) is 0 Å². The number of aromatic amines is 1. The van der Waals surface area contributed by atoms with Gasteiger partial charge in [-0.2, -0.15) is 0 Å². The Labute approximate surface area is 157 Å². The molecule has 5 nitrogen and oxygen atoms in total. The van der Waals surface area contributed by atoms with Crippen LogP contribution in [0.15, 0.2) is 54.7 Å². The van der Waals surface area contributed by atoms with E-state index in [-0.39, 0.29) is 5.92 Å². The number of benzene rings is 2. The number of anilines is 1. The van der Waals surface area contributed by atoms with E-state index in [1.807, 2.05) is 18.2 Å². The Balaban J connectivity index is 1.48. The number of nitrogens with two attached hydrogens (primary N) is 1. The first-order valence-corrected chi connectivity index (χ1v) is 9.09. The number of rotatable bonds is 2. The summed E-state index contributed by atoms with van der Waals surface area (Å²) >= 11 is 0. The number of hydrogen-bond acceptors (Lipinski definition) is 4. The zero-order valence-corrected chi connectivity index (χ0v) is 15.1. The fourth-order valence-corrected chi connectivity index (χ4v) is 3.73. The molecular formula is C22H20N4O. The van der Waals surface area contributed by atoms with E-state index in [1.165, 1.54) is 11.1 Å². The molecule has 1 aliphatic rings. The number of aromatic nitrogens is 3. The summed E-state index contributed by atoms with van der Waals surface area (Å²) in [5, 5.41) is 0. The standard InChI is InChI=1S/C22H20N4O/c1-13-2-5-20-16(8-13)9-17(12-27-20)22-25-18-4-3-14(10-19(18)26-22)15-6-7-24-21(23)11-15/h2-8,10-11,17H,9,12H2,1H3,(H2,23,24)(H,25,26). The summed E-state index contributed by atoms with van der Waals surface area (Å²) in [4.78, 5) is 12.4. The molecule has 1 aliphatic heterocycles. The average molecular weight is 356 g/mol. The second-order valence-electron chi connectivity index (χ2n) is 7.15. The molecule has 0 aliphatic carbocycles. The minimum Gasteiger partial charge on any atom is -0.493 e. The predicted octanol–water partition coefficient (Wildman–Crippen LogP) is 4.23. The molecule has 0 saturated carbocycles. The van der Waals surface area contributed by atoms with Crippen molar-refractivity contribution in [3.63, 3.8) is 0 Å². The van der Waals surface area contributed by atoms with Gasteiger partial charge in [-0.3, -0.25) is 0 Å². The first kappa shape index (κ1) is 15.9. The highest BCUT2D eigenvalue weighted by atomic mass is 16.5. The van der Waals surface area contributed by atoms with Crippen LogP contribution in [0.5, 0.6) is 5.75 Å². The molecule has 0 saturated heterocycles. The number of nitrogens with one attached hydrogen (secondary N) is 1. The number of fused-ring (bicyclic) bond motifs is 2. The zero-order chi connectivity index (χ0) is 18.4. The Morgan fingerprint density at radius 3 is 2.85 bits per heavy atom. The Hall–Kier alpha value is -3.34. The number of nitrogen functional groups attached to an aromatic ring is 1. The zero-order valence-electron chi connectivity index (χ0n) is 15.1. The molecule has 5 rings (SSSR count). The maximum atomic E-state index is 5.97. The second kappa shape index (κ2) is 6.13. The first-order valence-electron chi connectivity index (χ1n) is 9.09. The Kier molecular flexibility index (Phi) is 3.60. The lowest BCUT2D eigenvalue weighted by atomic mass is 9.95. The Morgan fingerprint density at radius 1 is 1.07 bits per heavy atom. The van der Waals surface area contributed by atoms with Gasteiger partial charge in [0, 0.05) is 6.20 Å². The molecular weight excluding hydrogens is 336 g/mol. The number of nitrogens with zero attached hydrogens (tertiary/aromatic N) is 2. The Morgan fingerprint density at radius 2 is 1.96 bits per heavy atom. The van der Waals surface area contributed by atoms with Gasteiger partial charge in [0.2, 0.25) is 0 Å². The summed E-state index contributed by atoms with van der Waals surface area (Å²) in [6.07, 6.45) is 2.66.